The molecule has 4 amide bonds. The summed E-state index contributed by atoms with van der Waals surface area (Å²) in [7, 11) is 0. The molecule has 0 unspecified atom stereocenters. The molecule has 3 heterocycles. The Morgan fingerprint density at radius 1 is 1.07 bits per heavy atom. The molecule has 0 saturated carbocycles. The van der Waals surface area contributed by atoms with Gasteiger partial charge in [-0.25, -0.2) is 14.1 Å². The summed E-state index contributed by atoms with van der Waals surface area (Å²) < 4.78 is 24.5. The van der Waals surface area contributed by atoms with Crippen molar-refractivity contribution < 1.29 is 27.9 Å². The Labute approximate surface area is 159 Å². The lowest BCUT2D eigenvalue weighted by Gasteiger charge is -2.26. The Morgan fingerprint density at radius 3 is 2.61 bits per heavy atom. The highest BCUT2D eigenvalue weighted by atomic mass is 19.1. The van der Waals surface area contributed by atoms with Crippen LogP contribution in [0.25, 0.3) is 6.08 Å². The number of nitrogens with zero attached hydrogens (tertiary/aromatic N) is 2. The van der Waals surface area contributed by atoms with Crippen LogP contribution in [-0.2, 0) is 14.3 Å². The van der Waals surface area contributed by atoms with Gasteiger partial charge in [-0.3, -0.25) is 14.9 Å². The molecule has 0 spiro atoms. The predicted molar refractivity (Wildman–Crippen MR) is 97.1 cm³/mol. The summed E-state index contributed by atoms with van der Waals surface area (Å²) in [5.41, 5.74) is -0.263. The van der Waals surface area contributed by atoms with Crippen LogP contribution in [0.2, 0.25) is 0 Å². The maximum atomic E-state index is 13.5. The quantitative estimate of drug-likeness (QED) is 0.641. The minimum atomic E-state index is -0.939. The predicted octanol–water partition coefficient (Wildman–Crippen LogP) is 1.92. The monoisotopic (exact) mass is 385 g/mol. The number of furan rings is 1. The number of carbonyl (C=O) groups excluding carboxylic acids is 3. The van der Waals surface area contributed by atoms with Crippen molar-refractivity contribution in [3.63, 3.8) is 0 Å². The second-order valence-corrected chi connectivity index (χ2v) is 6.21. The fourth-order valence-electron chi connectivity index (χ4n) is 3.02. The number of urea groups is 1. The molecule has 28 heavy (non-hydrogen) atoms. The fourth-order valence-corrected chi connectivity index (χ4v) is 3.02. The van der Waals surface area contributed by atoms with E-state index in [1.54, 1.807) is 12.1 Å². The largest absolute Gasteiger partial charge is 0.441 e. The molecular weight excluding hydrogens is 369 g/mol. The second kappa shape index (κ2) is 7.28. The zero-order valence-corrected chi connectivity index (χ0v) is 14.7. The Hall–Kier alpha value is -3.46. The SMILES string of the molecule is O=C1NC(=O)N(c2cccc(F)c2)C(=O)C1=Cc1ccc(N2CCOCC2)o1. The highest BCUT2D eigenvalue weighted by Gasteiger charge is 2.37. The van der Waals surface area contributed by atoms with Crippen molar-refractivity contribution in [2.45, 2.75) is 0 Å². The number of imide groups is 2. The topological polar surface area (TPSA) is 92.1 Å². The van der Waals surface area contributed by atoms with Crippen LogP contribution in [0.5, 0.6) is 0 Å². The zero-order valence-electron chi connectivity index (χ0n) is 14.7. The van der Waals surface area contributed by atoms with E-state index in [2.05, 4.69) is 5.32 Å². The van der Waals surface area contributed by atoms with E-state index in [1.807, 2.05) is 4.90 Å². The molecule has 9 heteroatoms. The Morgan fingerprint density at radius 2 is 1.86 bits per heavy atom. The molecule has 0 radical (unpaired) electrons. The number of anilines is 2. The van der Waals surface area contributed by atoms with Crippen molar-refractivity contribution in [1.82, 2.24) is 5.32 Å². The molecule has 1 aromatic heterocycles. The van der Waals surface area contributed by atoms with Gasteiger partial charge in [0.15, 0.2) is 5.88 Å². The van der Waals surface area contributed by atoms with Gasteiger partial charge in [0.2, 0.25) is 0 Å². The molecule has 1 aromatic carbocycles. The first kappa shape index (κ1) is 17.9. The molecule has 0 atom stereocenters. The van der Waals surface area contributed by atoms with Crippen molar-refractivity contribution >= 4 is 35.5 Å². The van der Waals surface area contributed by atoms with E-state index in [-0.39, 0.29) is 17.0 Å². The van der Waals surface area contributed by atoms with Crippen LogP contribution < -0.4 is 15.1 Å². The number of rotatable bonds is 3. The molecule has 2 aromatic rings. The molecular formula is C19H16FN3O5. The average molecular weight is 385 g/mol. The van der Waals surface area contributed by atoms with E-state index in [0.717, 1.165) is 6.07 Å². The standard InChI is InChI=1S/C19H16FN3O5/c20-12-2-1-3-13(10-12)23-18(25)15(17(24)21-19(23)26)11-14-4-5-16(28-14)22-6-8-27-9-7-22/h1-5,10-11H,6-9H2,(H,21,24,26). The minimum Gasteiger partial charge on any atom is -0.441 e. The third kappa shape index (κ3) is 3.39. The third-order valence-electron chi connectivity index (χ3n) is 4.39. The molecule has 144 valence electrons. The van der Waals surface area contributed by atoms with Gasteiger partial charge in [-0.2, -0.15) is 0 Å². The van der Waals surface area contributed by atoms with Crippen LogP contribution in [0, 0.1) is 5.82 Å². The van der Waals surface area contributed by atoms with Crippen LogP contribution >= 0.6 is 0 Å². The van der Waals surface area contributed by atoms with Crippen molar-refractivity contribution in [2.24, 2.45) is 0 Å². The van der Waals surface area contributed by atoms with Crippen molar-refractivity contribution in [1.29, 1.82) is 0 Å². The molecule has 0 aliphatic carbocycles. The maximum Gasteiger partial charge on any atom is 0.335 e. The van der Waals surface area contributed by atoms with Crippen molar-refractivity contribution in [3.05, 3.63) is 53.5 Å². The van der Waals surface area contributed by atoms with Crippen LogP contribution in [0.15, 0.2) is 46.4 Å². The summed E-state index contributed by atoms with van der Waals surface area (Å²) >= 11 is 0. The van der Waals surface area contributed by atoms with Gasteiger partial charge in [0.25, 0.3) is 11.8 Å². The fraction of sp³-hybridized carbons (Fsp3) is 0.211. The van der Waals surface area contributed by atoms with Gasteiger partial charge in [-0.15, -0.1) is 0 Å². The summed E-state index contributed by atoms with van der Waals surface area (Å²) in [6.07, 6.45) is 1.26. The summed E-state index contributed by atoms with van der Waals surface area (Å²) in [6.45, 7) is 2.51. The minimum absolute atomic E-state index is 0.0225. The molecule has 4 rings (SSSR count). The molecule has 1 N–H and O–H groups in total. The van der Waals surface area contributed by atoms with Crippen LogP contribution in [0.3, 0.4) is 0 Å². The molecule has 2 fully saturated rings. The number of benzene rings is 1. The lowest BCUT2D eigenvalue weighted by atomic mass is 10.1. The van der Waals surface area contributed by atoms with Gasteiger partial charge in [-0.1, -0.05) is 6.07 Å². The van der Waals surface area contributed by atoms with Gasteiger partial charge in [0, 0.05) is 19.2 Å². The first-order valence-electron chi connectivity index (χ1n) is 8.62. The normalized spacial score (nSPS) is 19.3. The van der Waals surface area contributed by atoms with Gasteiger partial charge >= 0.3 is 6.03 Å². The molecule has 2 aliphatic heterocycles. The second-order valence-electron chi connectivity index (χ2n) is 6.21. The number of nitrogens with one attached hydrogen (secondary N) is 1. The zero-order chi connectivity index (χ0) is 19.7. The summed E-state index contributed by atoms with van der Waals surface area (Å²) in [5, 5.41) is 2.09. The van der Waals surface area contributed by atoms with Crippen molar-refractivity contribution in [2.75, 3.05) is 36.1 Å². The smallest absolute Gasteiger partial charge is 0.335 e. The summed E-state index contributed by atoms with van der Waals surface area (Å²) in [4.78, 5) is 39.7. The molecule has 0 bridgehead atoms. The third-order valence-corrected chi connectivity index (χ3v) is 4.39. The van der Waals surface area contributed by atoms with E-state index in [4.69, 9.17) is 9.15 Å². The molecule has 2 aliphatic rings. The van der Waals surface area contributed by atoms with Gasteiger partial charge < -0.3 is 14.1 Å². The molecule has 8 nitrogen and oxygen atoms in total. The molecule has 2 saturated heterocycles. The first-order valence-corrected chi connectivity index (χ1v) is 8.62. The van der Waals surface area contributed by atoms with Gasteiger partial charge in [0.1, 0.15) is 17.2 Å². The number of hydrogen-bond donors (Lipinski definition) is 1. The Kier molecular flexibility index (Phi) is 4.66. The Balaban J connectivity index is 1.63. The number of ether oxygens (including phenoxy) is 1. The average Bonchev–Trinajstić information content (AvgIpc) is 3.14. The van der Waals surface area contributed by atoms with E-state index in [1.165, 1.54) is 24.3 Å². The highest BCUT2D eigenvalue weighted by Crippen LogP contribution is 2.25. The van der Waals surface area contributed by atoms with Crippen LogP contribution in [-0.4, -0.2) is 44.1 Å². The Bertz CT molecular complexity index is 977. The van der Waals surface area contributed by atoms with E-state index >= 15 is 0 Å². The van der Waals surface area contributed by atoms with Crippen molar-refractivity contribution in [3.8, 4) is 0 Å². The maximum absolute atomic E-state index is 13.5. The number of halogens is 1. The number of carbonyl (C=O) groups is 3. The van der Waals surface area contributed by atoms with Crippen LogP contribution in [0.4, 0.5) is 20.8 Å². The summed E-state index contributed by atoms with van der Waals surface area (Å²) in [5.74, 6) is -1.43. The van der Waals surface area contributed by atoms with Gasteiger partial charge in [0.05, 0.1) is 18.9 Å². The van der Waals surface area contributed by atoms with E-state index < -0.39 is 23.7 Å². The van der Waals surface area contributed by atoms with E-state index in [0.29, 0.717) is 37.1 Å². The number of hydrogen-bond acceptors (Lipinski definition) is 6. The van der Waals surface area contributed by atoms with Crippen LogP contribution in [0.1, 0.15) is 5.76 Å². The lowest BCUT2D eigenvalue weighted by molar-refractivity contribution is -0.122. The number of morpholine rings is 1. The lowest BCUT2D eigenvalue weighted by Crippen LogP contribution is -2.54. The van der Waals surface area contributed by atoms with E-state index in [9.17, 15) is 18.8 Å². The first-order chi connectivity index (χ1) is 13.5. The summed E-state index contributed by atoms with van der Waals surface area (Å²) in [6, 6.07) is 7.41. The van der Waals surface area contributed by atoms with Gasteiger partial charge in [-0.05, 0) is 30.3 Å². The highest BCUT2D eigenvalue weighted by molar-refractivity contribution is 6.39. The number of barbiturate groups is 1. The number of amides is 4.